The number of halogens is 1. The van der Waals surface area contributed by atoms with Gasteiger partial charge in [-0.2, -0.15) is 0 Å². The highest BCUT2D eigenvalue weighted by atomic mass is 79.9. The first-order valence-electron chi connectivity index (χ1n) is 6.05. The highest BCUT2D eigenvalue weighted by Crippen LogP contribution is 2.26. The molecule has 0 saturated heterocycles. The number of benzene rings is 1. The van der Waals surface area contributed by atoms with E-state index in [9.17, 15) is 0 Å². The first-order chi connectivity index (χ1) is 8.96. The van der Waals surface area contributed by atoms with Crippen molar-refractivity contribution in [3.05, 3.63) is 41.1 Å². The van der Waals surface area contributed by atoms with Crippen molar-refractivity contribution in [1.82, 2.24) is 9.97 Å². The van der Waals surface area contributed by atoms with E-state index in [2.05, 4.69) is 31.2 Å². The second kappa shape index (κ2) is 5.67. The number of nitrogens with zero attached hydrogens (tertiary/aromatic N) is 2. The van der Waals surface area contributed by atoms with Gasteiger partial charge >= 0.3 is 0 Å². The van der Waals surface area contributed by atoms with Crippen LogP contribution in [0.4, 0.5) is 5.95 Å². The normalized spacial score (nSPS) is 11.4. The van der Waals surface area contributed by atoms with Crippen LogP contribution in [0.2, 0.25) is 0 Å². The summed E-state index contributed by atoms with van der Waals surface area (Å²) in [6, 6.07) is 7.99. The van der Waals surface area contributed by atoms with Crippen LogP contribution >= 0.6 is 15.9 Å². The van der Waals surface area contributed by atoms with Crippen LogP contribution in [0.25, 0.3) is 11.1 Å². The van der Waals surface area contributed by atoms with E-state index in [4.69, 9.17) is 5.73 Å². The molecular formula is C14H17BrN4. The molecule has 0 bridgehead atoms. The summed E-state index contributed by atoms with van der Waals surface area (Å²) in [5.41, 5.74) is 7.67. The van der Waals surface area contributed by atoms with E-state index in [0.29, 0.717) is 12.5 Å². The molecule has 3 N–H and O–H groups in total. The molecule has 5 heteroatoms. The molecule has 0 aliphatic carbocycles. The molecule has 0 fully saturated rings. The van der Waals surface area contributed by atoms with Crippen molar-refractivity contribution in [2.45, 2.75) is 19.4 Å². The van der Waals surface area contributed by atoms with Crippen LogP contribution in [-0.2, 0) is 0 Å². The highest BCUT2D eigenvalue weighted by Gasteiger charge is 2.10. The monoisotopic (exact) mass is 320 g/mol. The molecule has 2 aromatic rings. The van der Waals surface area contributed by atoms with Crippen LogP contribution in [-0.4, -0.2) is 22.1 Å². The quantitative estimate of drug-likeness (QED) is 0.908. The molecule has 0 aliphatic heterocycles. The lowest BCUT2D eigenvalue weighted by Gasteiger charge is -2.18. The van der Waals surface area contributed by atoms with Gasteiger partial charge in [0.15, 0.2) is 0 Å². The third-order valence-corrected chi connectivity index (χ3v) is 3.23. The average molecular weight is 321 g/mol. The smallest absolute Gasteiger partial charge is 0.222 e. The van der Waals surface area contributed by atoms with Crippen molar-refractivity contribution in [1.29, 1.82) is 0 Å². The fraction of sp³-hybridized carbons (Fsp3) is 0.286. The van der Waals surface area contributed by atoms with E-state index in [1.165, 1.54) is 0 Å². The Balaban J connectivity index is 2.13. The van der Waals surface area contributed by atoms with Crippen LogP contribution in [0.3, 0.4) is 0 Å². The zero-order valence-electron chi connectivity index (χ0n) is 11.0. The Morgan fingerprint density at radius 2 is 1.84 bits per heavy atom. The van der Waals surface area contributed by atoms with Crippen LogP contribution in [0.15, 0.2) is 41.1 Å². The fourth-order valence-electron chi connectivity index (χ4n) is 1.56. The maximum atomic E-state index is 5.90. The number of anilines is 1. The summed E-state index contributed by atoms with van der Waals surface area (Å²) in [6.45, 7) is 4.53. The molecule has 2 rings (SSSR count). The van der Waals surface area contributed by atoms with Crippen LogP contribution in [0, 0.1) is 0 Å². The van der Waals surface area contributed by atoms with Crippen molar-refractivity contribution in [3.8, 4) is 11.1 Å². The second-order valence-corrected chi connectivity index (χ2v) is 5.97. The second-order valence-electron chi connectivity index (χ2n) is 5.12. The Labute approximate surface area is 121 Å². The minimum absolute atomic E-state index is 0.287. The molecule has 0 aliphatic rings. The van der Waals surface area contributed by atoms with Gasteiger partial charge in [-0.15, -0.1) is 0 Å². The van der Waals surface area contributed by atoms with Crippen molar-refractivity contribution in [2.75, 3.05) is 11.9 Å². The molecule has 0 amide bonds. The van der Waals surface area contributed by atoms with Gasteiger partial charge in [-0.3, -0.25) is 0 Å². The molecule has 100 valence electrons. The molecule has 0 saturated carbocycles. The van der Waals surface area contributed by atoms with E-state index in [-0.39, 0.29) is 5.54 Å². The standard InChI is InChI=1S/C14H17BrN4/c1-14(2,16)9-19-13-17-7-10(8-18-13)11-5-3-4-6-12(11)15/h3-8H,9,16H2,1-2H3,(H,17,18,19). The molecule has 0 spiro atoms. The van der Waals surface area contributed by atoms with Gasteiger partial charge in [0.05, 0.1) is 0 Å². The first kappa shape index (κ1) is 14.0. The van der Waals surface area contributed by atoms with Gasteiger partial charge in [-0.05, 0) is 25.5 Å². The fourth-order valence-corrected chi connectivity index (χ4v) is 2.07. The average Bonchev–Trinajstić information content (AvgIpc) is 2.37. The third kappa shape index (κ3) is 4.01. The Morgan fingerprint density at radius 3 is 2.42 bits per heavy atom. The van der Waals surface area contributed by atoms with E-state index in [0.717, 1.165) is 15.6 Å². The van der Waals surface area contributed by atoms with Gasteiger partial charge in [0.1, 0.15) is 0 Å². The lowest BCUT2D eigenvalue weighted by Crippen LogP contribution is -2.39. The first-order valence-corrected chi connectivity index (χ1v) is 6.85. The number of nitrogens with one attached hydrogen (secondary N) is 1. The lowest BCUT2D eigenvalue weighted by atomic mass is 10.1. The number of nitrogens with two attached hydrogens (primary N) is 1. The van der Waals surface area contributed by atoms with Gasteiger partial charge in [-0.1, -0.05) is 34.1 Å². The minimum Gasteiger partial charge on any atom is -0.352 e. The maximum absolute atomic E-state index is 5.90. The zero-order valence-corrected chi connectivity index (χ0v) is 12.6. The summed E-state index contributed by atoms with van der Waals surface area (Å²) < 4.78 is 1.03. The van der Waals surface area contributed by atoms with Gasteiger partial charge in [-0.25, -0.2) is 9.97 Å². The molecule has 19 heavy (non-hydrogen) atoms. The number of rotatable bonds is 4. The van der Waals surface area contributed by atoms with Crippen LogP contribution in [0.1, 0.15) is 13.8 Å². The molecule has 1 aromatic carbocycles. The van der Waals surface area contributed by atoms with E-state index in [1.807, 2.05) is 38.1 Å². The summed E-state index contributed by atoms with van der Waals surface area (Å²) in [5.74, 6) is 0.592. The van der Waals surface area contributed by atoms with Crippen LogP contribution in [0.5, 0.6) is 0 Å². The Bertz CT molecular complexity index is 546. The SMILES string of the molecule is CC(C)(N)CNc1ncc(-c2ccccc2Br)cn1. The lowest BCUT2D eigenvalue weighted by molar-refractivity contribution is 0.547. The molecular weight excluding hydrogens is 304 g/mol. The molecule has 0 atom stereocenters. The van der Waals surface area contributed by atoms with Crippen molar-refractivity contribution in [3.63, 3.8) is 0 Å². The molecule has 0 unspecified atom stereocenters. The zero-order chi connectivity index (χ0) is 13.9. The number of hydrogen-bond donors (Lipinski definition) is 2. The highest BCUT2D eigenvalue weighted by molar-refractivity contribution is 9.10. The Hall–Kier alpha value is -1.46. The largest absolute Gasteiger partial charge is 0.352 e. The third-order valence-electron chi connectivity index (χ3n) is 2.54. The molecule has 0 radical (unpaired) electrons. The summed E-state index contributed by atoms with van der Waals surface area (Å²) >= 11 is 3.52. The minimum atomic E-state index is -0.287. The summed E-state index contributed by atoms with van der Waals surface area (Å²) in [7, 11) is 0. The predicted octanol–water partition coefficient (Wildman–Crippen LogP) is 3.06. The van der Waals surface area contributed by atoms with Crippen molar-refractivity contribution >= 4 is 21.9 Å². The molecule has 1 heterocycles. The van der Waals surface area contributed by atoms with Gasteiger partial charge < -0.3 is 11.1 Å². The summed E-state index contributed by atoms with van der Waals surface area (Å²) in [6.07, 6.45) is 3.61. The number of aromatic nitrogens is 2. The topological polar surface area (TPSA) is 63.8 Å². The summed E-state index contributed by atoms with van der Waals surface area (Å²) in [5, 5.41) is 3.12. The van der Waals surface area contributed by atoms with E-state index < -0.39 is 0 Å². The Morgan fingerprint density at radius 1 is 1.21 bits per heavy atom. The summed E-state index contributed by atoms with van der Waals surface area (Å²) in [4.78, 5) is 8.60. The molecule has 1 aromatic heterocycles. The van der Waals surface area contributed by atoms with E-state index in [1.54, 1.807) is 12.4 Å². The maximum Gasteiger partial charge on any atom is 0.222 e. The molecule has 4 nitrogen and oxygen atoms in total. The van der Waals surface area contributed by atoms with E-state index >= 15 is 0 Å². The van der Waals surface area contributed by atoms with Gasteiger partial charge in [0, 0.05) is 34.5 Å². The predicted molar refractivity (Wildman–Crippen MR) is 81.9 cm³/mol. The van der Waals surface area contributed by atoms with Gasteiger partial charge in [0.2, 0.25) is 5.95 Å². The Kier molecular flexibility index (Phi) is 4.17. The van der Waals surface area contributed by atoms with Crippen molar-refractivity contribution in [2.24, 2.45) is 5.73 Å². The van der Waals surface area contributed by atoms with Crippen molar-refractivity contribution < 1.29 is 0 Å². The number of hydrogen-bond acceptors (Lipinski definition) is 4. The van der Waals surface area contributed by atoms with Crippen LogP contribution < -0.4 is 11.1 Å². The van der Waals surface area contributed by atoms with Gasteiger partial charge in [0.25, 0.3) is 0 Å².